The zero-order valence-electron chi connectivity index (χ0n) is 10.8. The third kappa shape index (κ3) is 2.23. The van der Waals surface area contributed by atoms with Gasteiger partial charge in [-0.05, 0) is 20.8 Å². The van der Waals surface area contributed by atoms with E-state index in [2.05, 4.69) is 0 Å². The van der Waals surface area contributed by atoms with Gasteiger partial charge in [-0.1, -0.05) is 0 Å². The van der Waals surface area contributed by atoms with Crippen molar-refractivity contribution in [3.8, 4) is 0 Å². The summed E-state index contributed by atoms with van der Waals surface area (Å²) in [5.74, 6) is -0.394. The highest BCUT2D eigenvalue weighted by atomic mass is 32.2. The first-order chi connectivity index (χ1) is 8.12. The van der Waals surface area contributed by atoms with Crippen LogP contribution in [0.5, 0.6) is 0 Å². The van der Waals surface area contributed by atoms with Gasteiger partial charge >= 0.3 is 6.03 Å². The minimum Gasteiger partial charge on any atom is -0.319 e. The number of carbonyl (C=O) groups excluding carboxylic acids is 2. The SMILES string of the molecule is CC(C)(C)N1C(=O)CC2CS(=O)(=O)CCN2C1=O. The van der Waals surface area contributed by atoms with Crippen molar-refractivity contribution in [3.05, 3.63) is 0 Å². The molecule has 3 amide bonds. The molecule has 2 fully saturated rings. The van der Waals surface area contributed by atoms with Crippen molar-refractivity contribution >= 4 is 21.8 Å². The van der Waals surface area contributed by atoms with Crippen molar-refractivity contribution in [2.24, 2.45) is 0 Å². The Hall–Kier alpha value is -1.11. The van der Waals surface area contributed by atoms with Crippen LogP contribution in [0.2, 0.25) is 0 Å². The van der Waals surface area contributed by atoms with Gasteiger partial charge in [0.1, 0.15) is 0 Å². The maximum atomic E-state index is 12.3. The van der Waals surface area contributed by atoms with E-state index in [4.69, 9.17) is 0 Å². The fourth-order valence-corrected chi connectivity index (χ4v) is 4.02. The fourth-order valence-electron chi connectivity index (χ4n) is 2.50. The minimum absolute atomic E-state index is 0.0125. The number of rotatable bonds is 0. The topological polar surface area (TPSA) is 74.8 Å². The smallest absolute Gasteiger partial charge is 0.319 e. The molecule has 7 heteroatoms. The van der Waals surface area contributed by atoms with Crippen molar-refractivity contribution < 1.29 is 18.0 Å². The molecule has 0 aromatic carbocycles. The molecule has 1 atom stereocenters. The predicted octanol–water partition coefficient (Wildman–Crippen LogP) is 0.236. The van der Waals surface area contributed by atoms with Crippen molar-refractivity contribution in [3.63, 3.8) is 0 Å². The number of imide groups is 1. The third-order valence-electron chi connectivity index (χ3n) is 3.30. The van der Waals surface area contributed by atoms with E-state index < -0.39 is 21.4 Å². The summed E-state index contributed by atoms with van der Waals surface area (Å²) < 4.78 is 23.1. The first kappa shape index (κ1) is 13.3. The van der Waals surface area contributed by atoms with Gasteiger partial charge in [-0.3, -0.25) is 9.69 Å². The normalized spacial score (nSPS) is 28.3. The molecule has 102 valence electrons. The zero-order valence-corrected chi connectivity index (χ0v) is 11.7. The van der Waals surface area contributed by atoms with Crippen LogP contribution in [0.4, 0.5) is 4.79 Å². The van der Waals surface area contributed by atoms with Gasteiger partial charge in [-0.2, -0.15) is 0 Å². The van der Waals surface area contributed by atoms with Gasteiger partial charge < -0.3 is 4.90 Å². The molecule has 2 aliphatic rings. The lowest BCUT2D eigenvalue weighted by molar-refractivity contribution is -0.136. The van der Waals surface area contributed by atoms with Crippen molar-refractivity contribution in [1.29, 1.82) is 0 Å². The molecule has 2 aliphatic heterocycles. The zero-order chi connectivity index (χ0) is 13.7. The van der Waals surface area contributed by atoms with Crippen LogP contribution < -0.4 is 0 Å². The molecular formula is C11H18N2O4S. The molecule has 0 N–H and O–H groups in total. The second-order valence-corrected chi connectivity index (χ2v) is 8.08. The lowest BCUT2D eigenvalue weighted by atomic mass is 10.0. The molecule has 0 aliphatic carbocycles. The molecule has 2 saturated heterocycles. The molecule has 18 heavy (non-hydrogen) atoms. The summed E-state index contributed by atoms with van der Waals surface area (Å²) in [6.07, 6.45) is 0.0994. The van der Waals surface area contributed by atoms with E-state index in [-0.39, 0.29) is 36.4 Å². The number of hydrogen-bond donors (Lipinski definition) is 0. The Morgan fingerprint density at radius 2 is 1.83 bits per heavy atom. The van der Waals surface area contributed by atoms with E-state index in [1.165, 1.54) is 9.80 Å². The van der Waals surface area contributed by atoms with Crippen LogP contribution in [0.15, 0.2) is 0 Å². The van der Waals surface area contributed by atoms with Gasteiger partial charge in [0.2, 0.25) is 5.91 Å². The van der Waals surface area contributed by atoms with Crippen molar-refractivity contribution in [2.75, 3.05) is 18.1 Å². The van der Waals surface area contributed by atoms with Gasteiger partial charge in [0.15, 0.2) is 9.84 Å². The summed E-state index contributed by atoms with van der Waals surface area (Å²) >= 11 is 0. The highest BCUT2D eigenvalue weighted by Gasteiger charge is 2.46. The standard InChI is InChI=1S/C11H18N2O4S/c1-11(2,3)13-9(14)6-8-7-18(16,17)5-4-12(8)10(13)15/h8H,4-7H2,1-3H3. The van der Waals surface area contributed by atoms with Crippen LogP contribution in [0.3, 0.4) is 0 Å². The van der Waals surface area contributed by atoms with Gasteiger partial charge in [0.05, 0.1) is 17.5 Å². The molecule has 0 aromatic heterocycles. The van der Waals surface area contributed by atoms with Gasteiger partial charge in [0.25, 0.3) is 0 Å². The highest BCUT2D eigenvalue weighted by Crippen LogP contribution is 2.27. The summed E-state index contributed by atoms with van der Waals surface area (Å²) in [6.45, 7) is 5.57. The maximum Gasteiger partial charge on any atom is 0.327 e. The van der Waals surface area contributed by atoms with E-state index >= 15 is 0 Å². The highest BCUT2D eigenvalue weighted by molar-refractivity contribution is 7.91. The number of hydrogen-bond acceptors (Lipinski definition) is 4. The Balaban J connectivity index is 2.28. The molecular weight excluding hydrogens is 256 g/mol. The van der Waals surface area contributed by atoms with Crippen molar-refractivity contribution in [1.82, 2.24) is 9.80 Å². The first-order valence-corrected chi connectivity index (χ1v) is 7.78. The maximum absolute atomic E-state index is 12.3. The average Bonchev–Trinajstić information content (AvgIpc) is 2.12. The predicted molar refractivity (Wildman–Crippen MR) is 65.8 cm³/mol. The lowest BCUT2D eigenvalue weighted by Crippen LogP contribution is -2.65. The second-order valence-electron chi connectivity index (χ2n) is 5.85. The quantitative estimate of drug-likeness (QED) is 0.634. The molecule has 0 aromatic rings. The second kappa shape index (κ2) is 3.94. The minimum atomic E-state index is -3.12. The average molecular weight is 274 g/mol. The number of amides is 3. The van der Waals surface area contributed by atoms with Gasteiger partial charge in [0, 0.05) is 18.5 Å². The van der Waals surface area contributed by atoms with E-state index in [0.717, 1.165) is 0 Å². The number of nitrogens with zero attached hydrogens (tertiary/aromatic N) is 2. The van der Waals surface area contributed by atoms with E-state index in [1.807, 2.05) is 0 Å². The number of fused-ring (bicyclic) bond motifs is 1. The van der Waals surface area contributed by atoms with Crippen LogP contribution in [0.25, 0.3) is 0 Å². The summed E-state index contributed by atoms with van der Waals surface area (Å²) in [4.78, 5) is 27.0. The Morgan fingerprint density at radius 3 is 2.39 bits per heavy atom. The Morgan fingerprint density at radius 1 is 1.22 bits per heavy atom. The molecule has 6 nitrogen and oxygen atoms in total. The fraction of sp³-hybridized carbons (Fsp3) is 0.818. The summed E-state index contributed by atoms with van der Waals surface area (Å²) in [5, 5.41) is 0. The van der Waals surface area contributed by atoms with Crippen molar-refractivity contribution in [2.45, 2.75) is 38.8 Å². The molecule has 0 spiro atoms. The molecule has 0 radical (unpaired) electrons. The molecule has 2 heterocycles. The Labute approximate surface area is 107 Å². The largest absolute Gasteiger partial charge is 0.327 e. The van der Waals surface area contributed by atoms with Crippen LogP contribution in [0.1, 0.15) is 27.2 Å². The number of carbonyl (C=O) groups is 2. The van der Waals surface area contributed by atoms with Crippen LogP contribution >= 0.6 is 0 Å². The Kier molecular flexibility index (Phi) is 2.92. The van der Waals surface area contributed by atoms with E-state index in [0.29, 0.717) is 0 Å². The molecule has 1 unspecified atom stereocenters. The summed E-state index contributed by atoms with van der Waals surface area (Å²) in [7, 11) is -3.12. The van der Waals surface area contributed by atoms with E-state index in [1.54, 1.807) is 20.8 Å². The number of urea groups is 1. The van der Waals surface area contributed by atoms with E-state index in [9.17, 15) is 18.0 Å². The molecule has 2 rings (SSSR count). The van der Waals surface area contributed by atoms with Gasteiger partial charge in [-0.15, -0.1) is 0 Å². The summed E-state index contributed by atoms with van der Waals surface area (Å²) in [6, 6.07) is -0.846. The van der Waals surface area contributed by atoms with Crippen LogP contribution in [0, 0.1) is 0 Å². The lowest BCUT2D eigenvalue weighted by Gasteiger charge is -2.46. The van der Waals surface area contributed by atoms with Crippen LogP contribution in [-0.2, 0) is 14.6 Å². The van der Waals surface area contributed by atoms with Crippen LogP contribution in [-0.4, -0.2) is 59.8 Å². The summed E-state index contributed by atoms with van der Waals surface area (Å²) in [5.41, 5.74) is -0.574. The Bertz CT molecular complexity index is 492. The molecule has 0 saturated carbocycles. The monoisotopic (exact) mass is 274 g/mol. The third-order valence-corrected chi connectivity index (χ3v) is 4.99. The van der Waals surface area contributed by atoms with Gasteiger partial charge in [-0.25, -0.2) is 13.2 Å². The molecule has 0 bridgehead atoms. The number of sulfone groups is 1. The first-order valence-electron chi connectivity index (χ1n) is 5.96.